The molecule has 0 heterocycles. The molecule has 0 aromatic heterocycles. The fraction of sp³-hybridized carbons (Fsp3) is 0.444. The molecule has 8 heteroatoms. The maximum absolute atomic E-state index is 12.2. The highest BCUT2D eigenvalue weighted by atomic mass is 16.7. The van der Waals surface area contributed by atoms with Gasteiger partial charge in [0.25, 0.3) is 5.91 Å². The lowest BCUT2D eigenvalue weighted by molar-refractivity contribution is -0.195. The Morgan fingerprint density at radius 1 is 1.23 bits per heavy atom. The summed E-state index contributed by atoms with van der Waals surface area (Å²) in [5, 5.41) is 3.15. The van der Waals surface area contributed by atoms with Crippen molar-refractivity contribution in [1.29, 1.82) is 0 Å². The Morgan fingerprint density at radius 3 is 2.38 bits per heavy atom. The number of aldehydes is 1. The molecule has 0 aromatic rings. The molecule has 144 valence electrons. The quantitative estimate of drug-likeness (QED) is 0.360. The molecule has 0 saturated carbocycles. The van der Waals surface area contributed by atoms with Crippen molar-refractivity contribution < 1.29 is 28.8 Å². The number of amides is 2. The van der Waals surface area contributed by atoms with Crippen molar-refractivity contribution in [2.75, 3.05) is 13.7 Å². The van der Waals surface area contributed by atoms with Gasteiger partial charge in [0.15, 0.2) is 0 Å². The van der Waals surface area contributed by atoms with E-state index in [1.54, 1.807) is 19.9 Å². The molecule has 0 aliphatic rings. The number of hydroxylamine groups is 2. The first-order valence-electron chi connectivity index (χ1n) is 8.06. The molecule has 0 aromatic carbocycles. The van der Waals surface area contributed by atoms with Crippen LogP contribution in [0.15, 0.2) is 37.0 Å². The van der Waals surface area contributed by atoms with E-state index >= 15 is 0 Å². The van der Waals surface area contributed by atoms with Crippen molar-refractivity contribution in [3.05, 3.63) is 37.0 Å². The zero-order chi connectivity index (χ0) is 20.1. The normalized spacial score (nSPS) is 11.9. The third-order valence-corrected chi connectivity index (χ3v) is 3.21. The monoisotopic (exact) mass is 366 g/mol. The highest BCUT2D eigenvalue weighted by molar-refractivity contribution is 5.84. The fourth-order valence-corrected chi connectivity index (χ4v) is 1.72. The molecular formula is C18H26N2O6. The van der Waals surface area contributed by atoms with E-state index in [9.17, 15) is 19.2 Å². The summed E-state index contributed by atoms with van der Waals surface area (Å²) in [4.78, 5) is 51.0. The first kappa shape index (κ1) is 23.1. The third kappa shape index (κ3) is 8.81. The molecule has 0 rings (SSSR count). The van der Waals surface area contributed by atoms with Crippen LogP contribution in [0.2, 0.25) is 0 Å². The molecule has 0 fully saturated rings. The first-order chi connectivity index (χ1) is 12.3. The summed E-state index contributed by atoms with van der Waals surface area (Å²) < 4.78 is 5.02. The second-order valence-corrected chi connectivity index (χ2v) is 5.63. The van der Waals surface area contributed by atoms with Gasteiger partial charge in [-0.1, -0.05) is 45.2 Å². The second kappa shape index (κ2) is 12.5. The molecule has 1 unspecified atom stereocenters. The van der Waals surface area contributed by atoms with Crippen molar-refractivity contribution in [2.24, 2.45) is 5.92 Å². The zero-order valence-corrected chi connectivity index (χ0v) is 15.4. The Labute approximate surface area is 153 Å². The molecule has 0 aliphatic heterocycles. The number of ether oxygens (including phenoxy) is 1. The van der Waals surface area contributed by atoms with E-state index in [0.717, 1.165) is 5.06 Å². The van der Waals surface area contributed by atoms with Gasteiger partial charge in [-0.05, 0) is 11.5 Å². The summed E-state index contributed by atoms with van der Waals surface area (Å²) >= 11 is 0. The minimum atomic E-state index is -1.01. The summed E-state index contributed by atoms with van der Waals surface area (Å²) in [6, 6.07) is -1.01. The fourth-order valence-electron chi connectivity index (χ4n) is 1.72. The van der Waals surface area contributed by atoms with E-state index in [2.05, 4.69) is 18.5 Å². The number of nitrogens with one attached hydrogen (secondary N) is 1. The number of hydrogen-bond donors (Lipinski definition) is 1. The summed E-state index contributed by atoms with van der Waals surface area (Å²) in [6.07, 6.45) is 4.42. The number of carbonyl (C=O) groups excluding carboxylic acids is 4. The van der Waals surface area contributed by atoms with Crippen molar-refractivity contribution in [3.8, 4) is 0 Å². The Kier molecular flexibility index (Phi) is 11.1. The molecule has 0 saturated heterocycles. The van der Waals surface area contributed by atoms with E-state index in [-0.39, 0.29) is 25.4 Å². The molecule has 0 spiro atoms. The van der Waals surface area contributed by atoms with E-state index in [1.165, 1.54) is 19.2 Å². The topological polar surface area (TPSA) is 102 Å². The predicted octanol–water partition coefficient (Wildman–Crippen LogP) is 1.93. The molecule has 2 amide bonds. The molecule has 26 heavy (non-hydrogen) atoms. The highest BCUT2D eigenvalue weighted by Crippen LogP contribution is 2.07. The van der Waals surface area contributed by atoms with Gasteiger partial charge in [0.2, 0.25) is 0 Å². The van der Waals surface area contributed by atoms with Crippen molar-refractivity contribution in [3.63, 3.8) is 0 Å². The lowest BCUT2D eigenvalue weighted by Crippen LogP contribution is -2.47. The third-order valence-electron chi connectivity index (χ3n) is 3.21. The Balaban J connectivity index is 4.73. The molecule has 8 nitrogen and oxygen atoms in total. The van der Waals surface area contributed by atoms with Crippen LogP contribution in [0.4, 0.5) is 4.79 Å². The number of alkyl carbamates (subject to hydrolysis) is 1. The van der Waals surface area contributed by atoms with Gasteiger partial charge in [-0.3, -0.25) is 4.79 Å². The van der Waals surface area contributed by atoms with Crippen LogP contribution in [0.5, 0.6) is 0 Å². The van der Waals surface area contributed by atoms with Gasteiger partial charge in [-0.2, -0.15) is 5.06 Å². The van der Waals surface area contributed by atoms with Crippen LogP contribution in [-0.2, 0) is 24.0 Å². The second-order valence-electron chi connectivity index (χ2n) is 5.63. The van der Waals surface area contributed by atoms with Gasteiger partial charge in [-0.25, -0.2) is 9.59 Å². The van der Waals surface area contributed by atoms with Crippen molar-refractivity contribution in [2.45, 2.75) is 32.7 Å². The van der Waals surface area contributed by atoms with Gasteiger partial charge in [0.05, 0.1) is 0 Å². The molecule has 0 radical (unpaired) electrons. The van der Waals surface area contributed by atoms with Crippen LogP contribution in [0.3, 0.4) is 0 Å². The van der Waals surface area contributed by atoms with Gasteiger partial charge in [-0.15, -0.1) is 0 Å². The van der Waals surface area contributed by atoms with Gasteiger partial charge in [0.1, 0.15) is 18.9 Å². The summed E-state index contributed by atoms with van der Waals surface area (Å²) in [6.45, 7) is 10.5. The summed E-state index contributed by atoms with van der Waals surface area (Å²) in [5.41, 5.74) is 0.638. The van der Waals surface area contributed by atoms with Crippen LogP contribution in [0, 0.1) is 5.92 Å². The van der Waals surface area contributed by atoms with Crippen LogP contribution in [0.25, 0.3) is 0 Å². The minimum Gasteiger partial charge on any atom is -0.445 e. The standard InChI is InChI=1S/C18H26N2O6/c1-6-9-14(7-2)12-25-18(24)19-16(13(3)4)17(23)26-20(5)15(22)10-8-11-21/h6-7,9,11,13,16H,1-2,8,10,12H2,3-5H3,(H,19,24)/b14-9+. The molecule has 1 atom stereocenters. The largest absolute Gasteiger partial charge is 0.445 e. The number of hydrogen-bond acceptors (Lipinski definition) is 6. The average molecular weight is 366 g/mol. The number of allylic oxidation sites excluding steroid dienone is 2. The summed E-state index contributed by atoms with van der Waals surface area (Å²) in [7, 11) is 1.26. The Bertz CT molecular complexity index is 568. The molecule has 0 bridgehead atoms. The molecule has 0 aliphatic carbocycles. The van der Waals surface area contributed by atoms with Crippen LogP contribution in [0.1, 0.15) is 26.7 Å². The lowest BCUT2D eigenvalue weighted by atomic mass is 10.1. The van der Waals surface area contributed by atoms with E-state index < -0.39 is 24.0 Å². The van der Waals surface area contributed by atoms with E-state index in [0.29, 0.717) is 11.9 Å². The van der Waals surface area contributed by atoms with Crippen LogP contribution >= 0.6 is 0 Å². The van der Waals surface area contributed by atoms with E-state index in [4.69, 9.17) is 9.57 Å². The van der Waals surface area contributed by atoms with E-state index in [1.807, 2.05) is 0 Å². The van der Waals surface area contributed by atoms with Gasteiger partial charge in [0, 0.05) is 19.9 Å². The number of carbonyl (C=O) groups is 4. The SMILES string of the molecule is C=C/C=C(\C=C)COC(=O)NC(C(=O)ON(C)C(=O)CCC=O)C(C)C. The number of nitrogens with zero attached hydrogens (tertiary/aromatic N) is 1. The maximum Gasteiger partial charge on any atom is 0.408 e. The van der Waals surface area contributed by atoms with Crippen LogP contribution in [-0.4, -0.2) is 49.0 Å². The van der Waals surface area contributed by atoms with Crippen LogP contribution < -0.4 is 5.32 Å². The zero-order valence-electron chi connectivity index (χ0n) is 15.4. The van der Waals surface area contributed by atoms with Gasteiger partial charge >= 0.3 is 12.1 Å². The highest BCUT2D eigenvalue weighted by Gasteiger charge is 2.28. The number of rotatable bonds is 10. The smallest absolute Gasteiger partial charge is 0.408 e. The average Bonchev–Trinajstić information content (AvgIpc) is 2.60. The van der Waals surface area contributed by atoms with Crippen molar-refractivity contribution >= 4 is 24.3 Å². The summed E-state index contributed by atoms with van der Waals surface area (Å²) in [5.74, 6) is -1.65. The lowest BCUT2D eigenvalue weighted by Gasteiger charge is -2.23. The molecular weight excluding hydrogens is 340 g/mol. The molecule has 1 N–H and O–H groups in total. The Morgan fingerprint density at radius 2 is 1.88 bits per heavy atom. The van der Waals surface area contributed by atoms with Gasteiger partial charge < -0.3 is 19.7 Å². The Hall–Kier alpha value is -2.90. The minimum absolute atomic E-state index is 0.0305. The van der Waals surface area contributed by atoms with Crippen molar-refractivity contribution in [1.82, 2.24) is 10.4 Å². The predicted molar refractivity (Wildman–Crippen MR) is 95.7 cm³/mol. The maximum atomic E-state index is 12.2. The first-order valence-corrected chi connectivity index (χ1v) is 8.06.